The van der Waals surface area contributed by atoms with E-state index in [9.17, 15) is 9.59 Å². The molecule has 1 unspecified atom stereocenters. The largest absolute Gasteiger partial charge is 0.345 e. The number of hydrogen-bond acceptors (Lipinski definition) is 4. The molecule has 2 amide bonds. The first-order valence-corrected chi connectivity index (χ1v) is 8.56. The minimum Gasteiger partial charge on any atom is -0.345 e. The predicted octanol–water partition coefficient (Wildman–Crippen LogP) is 2.15. The van der Waals surface area contributed by atoms with Crippen LogP contribution in [0.3, 0.4) is 0 Å². The van der Waals surface area contributed by atoms with E-state index in [0.29, 0.717) is 12.0 Å². The van der Waals surface area contributed by atoms with Gasteiger partial charge in [-0.3, -0.25) is 9.59 Å². The van der Waals surface area contributed by atoms with Gasteiger partial charge in [0, 0.05) is 55.9 Å². The first-order valence-electron chi connectivity index (χ1n) is 7.40. The van der Waals surface area contributed by atoms with Crippen LogP contribution >= 0.6 is 24.2 Å². The lowest BCUT2D eigenvalue weighted by Gasteiger charge is -2.22. The number of halogens is 1. The molecular formula is C16H24ClN3O2S. The first kappa shape index (κ1) is 19.8. The molecule has 23 heavy (non-hydrogen) atoms. The number of carbonyl (C=O) groups excluding carboxylic acids is 2. The number of carbonyl (C=O) groups is 2. The number of aryl methyl sites for hydroxylation is 1. The van der Waals surface area contributed by atoms with Gasteiger partial charge in [-0.05, 0) is 30.7 Å². The number of rotatable bonds is 4. The second kappa shape index (κ2) is 9.15. The molecule has 1 atom stereocenters. The van der Waals surface area contributed by atoms with Crippen molar-refractivity contribution in [3.05, 3.63) is 29.3 Å². The summed E-state index contributed by atoms with van der Waals surface area (Å²) < 4.78 is 0. The summed E-state index contributed by atoms with van der Waals surface area (Å²) in [7, 11) is 3.46. The van der Waals surface area contributed by atoms with Crippen molar-refractivity contribution in [2.75, 3.05) is 37.5 Å². The summed E-state index contributed by atoms with van der Waals surface area (Å²) in [5, 5.41) is 6.26. The highest BCUT2D eigenvalue weighted by Crippen LogP contribution is 2.17. The highest BCUT2D eigenvalue weighted by molar-refractivity contribution is 7.99. The topological polar surface area (TPSA) is 61.4 Å². The Labute approximate surface area is 148 Å². The van der Waals surface area contributed by atoms with Crippen LogP contribution in [0.25, 0.3) is 0 Å². The number of thioether (sulfide) groups is 1. The van der Waals surface area contributed by atoms with Crippen LogP contribution < -0.4 is 10.6 Å². The Balaban J connectivity index is 0.00000264. The van der Waals surface area contributed by atoms with Gasteiger partial charge >= 0.3 is 0 Å². The second-order valence-electron chi connectivity index (χ2n) is 5.71. The molecule has 1 aromatic rings. The number of amides is 2. The Hall–Kier alpha value is -1.24. The molecule has 0 aromatic heterocycles. The molecule has 0 aliphatic carbocycles. The van der Waals surface area contributed by atoms with Crippen molar-refractivity contribution in [3.8, 4) is 0 Å². The summed E-state index contributed by atoms with van der Waals surface area (Å²) in [5.41, 5.74) is 2.26. The highest BCUT2D eigenvalue weighted by atomic mass is 35.5. The fourth-order valence-corrected chi connectivity index (χ4v) is 3.36. The van der Waals surface area contributed by atoms with Crippen LogP contribution in [0, 0.1) is 6.92 Å². The predicted molar refractivity (Wildman–Crippen MR) is 98.8 cm³/mol. The number of nitrogens with one attached hydrogen (secondary N) is 2. The van der Waals surface area contributed by atoms with E-state index in [4.69, 9.17) is 0 Å². The van der Waals surface area contributed by atoms with Crippen LogP contribution in [0.4, 0.5) is 5.69 Å². The molecular weight excluding hydrogens is 334 g/mol. The number of benzene rings is 1. The number of anilines is 1. The fraction of sp³-hybridized carbons (Fsp3) is 0.500. The summed E-state index contributed by atoms with van der Waals surface area (Å²) in [6, 6.07) is 5.64. The second-order valence-corrected chi connectivity index (χ2v) is 6.86. The lowest BCUT2D eigenvalue weighted by molar-refractivity contribution is -0.116. The first-order chi connectivity index (χ1) is 10.5. The Morgan fingerprint density at radius 3 is 2.70 bits per heavy atom. The smallest absolute Gasteiger partial charge is 0.253 e. The van der Waals surface area contributed by atoms with E-state index < -0.39 is 0 Å². The van der Waals surface area contributed by atoms with Gasteiger partial charge in [-0.15, -0.1) is 12.4 Å². The van der Waals surface area contributed by atoms with E-state index in [2.05, 4.69) is 10.6 Å². The summed E-state index contributed by atoms with van der Waals surface area (Å²) in [5.74, 6) is 2.06. The molecule has 5 nitrogen and oxygen atoms in total. The fourth-order valence-electron chi connectivity index (χ4n) is 2.41. The molecule has 128 valence electrons. The van der Waals surface area contributed by atoms with Crippen molar-refractivity contribution in [3.63, 3.8) is 0 Å². The Morgan fingerprint density at radius 1 is 1.39 bits per heavy atom. The zero-order chi connectivity index (χ0) is 16.1. The molecule has 0 bridgehead atoms. The van der Waals surface area contributed by atoms with Crippen molar-refractivity contribution in [1.82, 2.24) is 10.2 Å². The normalized spacial score (nSPS) is 17.1. The van der Waals surface area contributed by atoms with Crippen LogP contribution in [0.1, 0.15) is 22.3 Å². The summed E-state index contributed by atoms with van der Waals surface area (Å²) in [6.07, 6.45) is 0.477. The zero-order valence-electron chi connectivity index (χ0n) is 13.7. The molecule has 2 rings (SSSR count). The maximum absolute atomic E-state index is 12.1. The van der Waals surface area contributed by atoms with E-state index >= 15 is 0 Å². The average molecular weight is 358 g/mol. The Morgan fingerprint density at radius 2 is 2.13 bits per heavy atom. The molecule has 1 aliphatic rings. The standard InChI is InChI=1S/C16H23N3O2S.ClH/c1-11-8-12(4-5-14(11)16(21)19(2)3)18-15(20)9-13-10-22-7-6-17-13;/h4-5,8,13,17H,6-7,9-10H2,1-3H3,(H,18,20);1H. The molecule has 7 heteroatoms. The van der Waals surface area contributed by atoms with E-state index in [1.54, 1.807) is 31.1 Å². The van der Waals surface area contributed by atoms with Crippen molar-refractivity contribution >= 4 is 41.7 Å². The minimum atomic E-state index is -0.0289. The third-order valence-corrected chi connectivity index (χ3v) is 4.71. The monoisotopic (exact) mass is 357 g/mol. The lowest BCUT2D eigenvalue weighted by atomic mass is 10.1. The SMILES string of the molecule is Cc1cc(NC(=O)CC2CSCCN2)ccc1C(=O)N(C)C.Cl. The Bertz CT molecular complexity index is 560. The average Bonchev–Trinajstić information content (AvgIpc) is 2.47. The summed E-state index contributed by atoms with van der Waals surface area (Å²) in [4.78, 5) is 25.6. The maximum atomic E-state index is 12.1. The molecule has 2 N–H and O–H groups in total. The molecule has 1 fully saturated rings. The molecule has 1 saturated heterocycles. The molecule has 0 radical (unpaired) electrons. The third-order valence-electron chi connectivity index (χ3n) is 3.58. The minimum absolute atomic E-state index is 0. The molecule has 1 aromatic carbocycles. The van der Waals surface area contributed by atoms with E-state index in [1.807, 2.05) is 24.8 Å². The van der Waals surface area contributed by atoms with Gasteiger partial charge in [0.05, 0.1) is 0 Å². The molecule has 1 heterocycles. The van der Waals surface area contributed by atoms with Crippen molar-refractivity contribution in [1.29, 1.82) is 0 Å². The molecule has 0 spiro atoms. The van der Waals surface area contributed by atoms with Crippen molar-refractivity contribution in [2.24, 2.45) is 0 Å². The lowest BCUT2D eigenvalue weighted by Crippen LogP contribution is -2.39. The van der Waals surface area contributed by atoms with Gasteiger partial charge in [-0.25, -0.2) is 0 Å². The number of nitrogens with zero attached hydrogens (tertiary/aromatic N) is 1. The van der Waals surface area contributed by atoms with Gasteiger partial charge in [0.2, 0.25) is 5.91 Å². The van der Waals surface area contributed by atoms with Crippen molar-refractivity contribution in [2.45, 2.75) is 19.4 Å². The van der Waals surface area contributed by atoms with E-state index in [0.717, 1.165) is 29.3 Å². The zero-order valence-corrected chi connectivity index (χ0v) is 15.4. The van der Waals surface area contributed by atoms with Gasteiger partial charge in [0.15, 0.2) is 0 Å². The summed E-state index contributed by atoms with van der Waals surface area (Å²) >= 11 is 1.88. The number of hydrogen-bond donors (Lipinski definition) is 2. The van der Waals surface area contributed by atoms with Gasteiger partial charge in [-0.1, -0.05) is 0 Å². The van der Waals surface area contributed by atoms with Crippen LogP contribution in [0.15, 0.2) is 18.2 Å². The van der Waals surface area contributed by atoms with E-state index in [1.165, 1.54) is 0 Å². The van der Waals surface area contributed by atoms with Gasteiger partial charge < -0.3 is 15.5 Å². The molecule has 0 saturated carbocycles. The van der Waals surface area contributed by atoms with Crippen LogP contribution in [0.2, 0.25) is 0 Å². The quantitative estimate of drug-likeness (QED) is 0.866. The third kappa shape index (κ3) is 5.71. The van der Waals surface area contributed by atoms with Crippen LogP contribution in [-0.2, 0) is 4.79 Å². The van der Waals surface area contributed by atoms with E-state index in [-0.39, 0.29) is 30.3 Å². The van der Waals surface area contributed by atoms with Gasteiger partial charge in [0.1, 0.15) is 0 Å². The highest BCUT2D eigenvalue weighted by Gasteiger charge is 2.17. The van der Waals surface area contributed by atoms with Crippen LogP contribution in [0.5, 0.6) is 0 Å². The van der Waals surface area contributed by atoms with Gasteiger partial charge in [-0.2, -0.15) is 11.8 Å². The van der Waals surface area contributed by atoms with Crippen molar-refractivity contribution < 1.29 is 9.59 Å². The summed E-state index contributed by atoms with van der Waals surface area (Å²) in [6.45, 7) is 2.84. The maximum Gasteiger partial charge on any atom is 0.253 e. The van der Waals surface area contributed by atoms with Crippen LogP contribution in [-0.4, -0.2) is 54.9 Å². The Kier molecular flexibility index (Phi) is 7.88. The molecule has 1 aliphatic heterocycles. The van der Waals surface area contributed by atoms with Gasteiger partial charge in [0.25, 0.3) is 5.91 Å².